The van der Waals surface area contributed by atoms with Crippen molar-refractivity contribution < 1.29 is 14.6 Å². The maximum absolute atomic E-state index is 11.8. The van der Waals surface area contributed by atoms with E-state index in [4.69, 9.17) is 4.74 Å². The van der Waals surface area contributed by atoms with Crippen LogP contribution in [-0.2, 0) is 0 Å². The van der Waals surface area contributed by atoms with E-state index in [1.165, 1.54) is 4.88 Å². The molecule has 2 rings (SSSR count). The Morgan fingerprint density at radius 1 is 1.25 bits per heavy atom. The average molecular weight is 348 g/mol. The number of aliphatic hydroxyl groups excluding tert-OH is 1. The number of hydrogen-bond donors (Lipinski definition) is 3. The number of hydrogen-bond acceptors (Lipinski definition) is 4. The third-order valence-electron chi connectivity index (χ3n) is 3.53. The number of nitrogens with one attached hydrogen (secondary N) is 2. The summed E-state index contributed by atoms with van der Waals surface area (Å²) in [4.78, 5) is 13.0. The van der Waals surface area contributed by atoms with Gasteiger partial charge in [-0.1, -0.05) is 25.1 Å². The van der Waals surface area contributed by atoms with Crippen molar-refractivity contribution >= 4 is 17.4 Å². The Hall–Kier alpha value is -2.05. The van der Waals surface area contributed by atoms with Crippen molar-refractivity contribution in [3.05, 3.63) is 52.2 Å². The molecule has 0 aliphatic rings. The summed E-state index contributed by atoms with van der Waals surface area (Å²) in [5.74, 6) is 0.980. The van der Waals surface area contributed by atoms with Gasteiger partial charge in [0.15, 0.2) is 0 Å². The number of ether oxygens (including phenoxy) is 1. The van der Waals surface area contributed by atoms with Crippen molar-refractivity contribution in [2.24, 2.45) is 0 Å². The van der Waals surface area contributed by atoms with Crippen LogP contribution in [-0.4, -0.2) is 36.9 Å². The summed E-state index contributed by atoms with van der Waals surface area (Å²) < 4.78 is 5.51. The summed E-state index contributed by atoms with van der Waals surface area (Å²) in [5, 5.41) is 17.4. The Kier molecular flexibility index (Phi) is 7.08. The molecule has 2 amide bonds. The van der Waals surface area contributed by atoms with E-state index in [1.54, 1.807) is 11.3 Å². The topological polar surface area (TPSA) is 70.6 Å². The number of benzene rings is 1. The van der Waals surface area contributed by atoms with E-state index in [2.05, 4.69) is 23.6 Å². The van der Waals surface area contributed by atoms with Gasteiger partial charge in [-0.2, -0.15) is 0 Å². The van der Waals surface area contributed by atoms with Gasteiger partial charge < -0.3 is 20.5 Å². The van der Waals surface area contributed by atoms with Gasteiger partial charge in [0.25, 0.3) is 0 Å². The number of thiophene rings is 1. The van der Waals surface area contributed by atoms with Gasteiger partial charge in [-0.15, -0.1) is 11.3 Å². The fraction of sp³-hybridized carbons (Fsp3) is 0.389. The highest BCUT2D eigenvalue weighted by molar-refractivity contribution is 7.10. The molecule has 0 radical (unpaired) electrons. The zero-order valence-electron chi connectivity index (χ0n) is 14.0. The molecule has 1 aromatic heterocycles. The van der Waals surface area contributed by atoms with Crippen LogP contribution in [0.25, 0.3) is 0 Å². The fourth-order valence-electron chi connectivity index (χ4n) is 2.15. The minimum Gasteiger partial charge on any atom is -0.491 e. The van der Waals surface area contributed by atoms with Gasteiger partial charge in [-0.25, -0.2) is 4.79 Å². The molecule has 0 saturated heterocycles. The Morgan fingerprint density at radius 2 is 2.04 bits per heavy atom. The molecule has 3 N–H and O–H groups in total. The van der Waals surface area contributed by atoms with E-state index in [0.29, 0.717) is 12.3 Å². The molecule has 5 nitrogen and oxygen atoms in total. The summed E-state index contributed by atoms with van der Waals surface area (Å²) >= 11 is 1.68. The molecule has 1 heterocycles. The SMILES string of the molecule is Cc1cccc(OCC(O)CNC(=O)NCC(C)c2cccs2)c1. The van der Waals surface area contributed by atoms with E-state index < -0.39 is 6.10 Å². The van der Waals surface area contributed by atoms with Crippen LogP contribution in [0, 0.1) is 6.92 Å². The first kappa shape index (κ1) is 18.3. The number of amides is 2. The van der Waals surface area contributed by atoms with Crippen LogP contribution in [0.4, 0.5) is 4.79 Å². The van der Waals surface area contributed by atoms with Crippen molar-refractivity contribution in [2.75, 3.05) is 19.7 Å². The van der Waals surface area contributed by atoms with Crippen LogP contribution in [0.3, 0.4) is 0 Å². The molecular formula is C18H24N2O3S. The van der Waals surface area contributed by atoms with Crippen LogP contribution < -0.4 is 15.4 Å². The molecule has 6 heteroatoms. The second-order valence-corrected chi connectivity index (χ2v) is 6.77. The van der Waals surface area contributed by atoms with Crippen molar-refractivity contribution in [3.63, 3.8) is 0 Å². The maximum atomic E-state index is 11.8. The fourth-order valence-corrected chi connectivity index (χ4v) is 2.93. The van der Waals surface area contributed by atoms with Crippen LogP contribution >= 0.6 is 11.3 Å². The van der Waals surface area contributed by atoms with E-state index in [0.717, 1.165) is 5.56 Å². The Bertz CT molecular complexity index is 631. The summed E-state index contributed by atoms with van der Waals surface area (Å²) in [6.07, 6.45) is -0.758. The molecule has 0 fully saturated rings. The molecule has 0 aliphatic heterocycles. The predicted octanol–water partition coefficient (Wildman–Crippen LogP) is 2.90. The summed E-state index contributed by atoms with van der Waals surface area (Å²) in [6.45, 7) is 4.88. The standard InChI is InChI=1S/C18H24N2O3S/c1-13-5-3-6-16(9-13)23-12-15(21)11-20-18(22)19-10-14(2)17-7-4-8-24-17/h3-9,14-15,21H,10-12H2,1-2H3,(H2,19,20,22). The van der Waals surface area contributed by atoms with Crippen molar-refractivity contribution in [1.82, 2.24) is 10.6 Å². The number of rotatable bonds is 8. The van der Waals surface area contributed by atoms with E-state index in [-0.39, 0.29) is 25.1 Å². The lowest BCUT2D eigenvalue weighted by Gasteiger charge is -2.15. The number of aryl methyl sites for hydroxylation is 1. The number of urea groups is 1. The molecule has 24 heavy (non-hydrogen) atoms. The van der Waals surface area contributed by atoms with Gasteiger partial charge in [-0.05, 0) is 36.1 Å². The molecule has 130 valence electrons. The number of carbonyl (C=O) groups excluding carboxylic acids is 1. The molecule has 0 saturated carbocycles. The number of carbonyl (C=O) groups is 1. The lowest BCUT2D eigenvalue weighted by atomic mass is 10.1. The van der Waals surface area contributed by atoms with Crippen molar-refractivity contribution in [1.29, 1.82) is 0 Å². The first-order chi connectivity index (χ1) is 11.5. The van der Waals surface area contributed by atoms with Crippen LogP contribution in [0.1, 0.15) is 23.3 Å². The van der Waals surface area contributed by atoms with E-state index in [9.17, 15) is 9.90 Å². The van der Waals surface area contributed by atoms with Gasteiger partial charge in [0.05, 0.1) is 0 Å². The van der Waals surface area contributed by atoms with Gasteiger partial charge in [0.2, 0.25) is 0 Å². The smallest absolute Gasteiger partial charge is 0.314 e. The highest BCUT2D eigenvalue weighted by Gasteiger charge is 2.10. The maximum Gasteiger partial charge on any atom is 0.314 e. The summed E-state index contributed by atoms with van der Waals surface area (Å²) in [6, 6.07) is 11.4. The zero-order valence-corrected chi connectivity index (χ0v) is 14.8. The first-order valence-corrected chi connectivity index (χ1v) is 8.85. The molecule has 0 aliphatic carbocycles. The first-order valence-electron chi connectivity index (χ1n) is 7.97. The molecule has 2 unspecified atom stereocenters. The highest BCUT2D eigenvalue weighted by atomic mass is 32.1. The summed E-state index contributed by atoms with van der Waals surface area (Å²) in [5.41, 5.74) is 1.10. The summed E-state index contributed by atoms with van der Waals surface area (Å²) in [7, 11) is 0. The van der Waals surface area contributed by atoms with Gasteiger partial charge >= 0.3 is 6.03 Å². The van der Waals surface area contributed by atoms with E-state index in [1.807, 2.05) is 42.6 Å². The second-order valence-electron chi connectivity index (χ2n) is 5.79. The lowest BCUT2D eigenvalue weighted by Crippen LogP contribution is -2.42. The zero-order chi connectivity index (χ0) is 17.4. The number of aliphatic hydroxyl groups is 1. The van der Waals surface area contributed by atoms with Crippen LogP contribution in [0.2, 0.25) is 0 Å². The monoisotopic (exact) mass is 348 g/mol. The van der Waals surface area contributed by atoms with Crippen molar-refractivity contribution in [3.8, 4) is 5.75 Å². The molecule has 0 spiro atoms. The minimum absolute atomic E-state index is 0.134. The van der Waals surface area contributed by atoms with Crippen LogP contribution in [0.5, 0.6) is 5.75 Å². The Morgan fingerprint density at radius 3 is 2.75 bits per heavy atom. The molecule has 2 atom stereocenters. The highest BCUT2D eigenvalue weighted by Crippen LogP contribution is 2.19. The Balaban J connectivity index is 1.62. The molecule has 0 bridgehead atoms. The molecule has 2 aromatic rings. The average Bonchev–Trinajstić information content (AvgIpc) is 3.10. The largest absolute Gasteiger partial charge is 0.491 e. The second kappa shape index (κ2) is 9.30. The van der Waals surface area contributed by atoms with E-state index >= 15 is 0 Å². The lowest BCUT2D eigenvalue weighted by molar-refractivity contribution is 0.108. The Labute approximate surface area is 146 Å². The normalized spacial score (nSPS) is 13.1. The minimum atomic E-state index is -0.758. The van der Waals surface area contributed by atoms with Gasteiger partial charge in [0.1, 0.15) is 18.5 Å². The third-order valence-corrected chi connectivity index (χ3v) is 4.63. The quantitative estimate of drug-likeness (QED) is 0.687. The molecular weight excluding hydrogens is 324 g/mol. The molecule has 1 aromatic carbocycles. The van der Waals surface area contributed by atoms with Gasteiger partial charge in [0, 0.05) is 23.9 Å². The predicted molar refractivity (Wildman–Crippen MR) is 96.8 cm³/mol. The van der Waals surface area contributed by atoms with Crippen molar-refractivity contribution in [2.45, 2.75) is 25.9 Å². The third kappa shape index (κ3) is 6.22. The van der Waals surface area contributed by atoms with Crippen LogP contribution in [0.15, 0.2) is 41.8 Å². The van der Waals surface area contributed by atoms with Gasteiger partial charge in [-0.3, -0.25) is 0 Å².